The predicted molar refractivity (Wildman–Crippen MR) is 122 cm³/mol. The Hall–Kier alpha value is -2.77. The molecule has 0 aliphatic carbocycles. The Bertz CT molecular complexity index is 964. The van der Waals surface area contributed by atoms with E-state index in [1.807, 2.05) is 49.4 Å². The Balaban J connectivity index is 1.71. The molecule has 0 bridgehead atoms. The molecule has 3 N–H and O–H groups in total. The van der Waals surface area contributed by atoms with Crippen LogP contribution in [0.5, 0.6) is 0 Å². The maximum absolute atomic E-state index is 12.9. The zero-order valence-electron chi connectivity index (χ0n) is 18.6. The second-order valence-corrected chi connectivity index (χ2v) is 8.98. The number of rotatable bonds is 10. The van der Waals surface area contributed by atoms with Gasteiger partial charge in [-0.1, -0.05) is 49.4 Å². The lowest BCUT2D eigenvalue weighted by molar-refractivity contribution is -0.139. The number of fused-ring (bicyclic) bond motifs is 1. The molecule has 172 valence electrons. The minimum Gasteiger partial charge on any atom is -0.480 e. The topological polar surface area (TPSA) is 110 Å². The number of amides is 1. The van der Waals surface area contributed by atoms with Crippen molar-refractivity contribution in [1.29, 1.82) is 0 Å². The molecule has 1 saturated heterocycles. The minimum absolute atomic E-state index is 0.0420. The maximum atomic E-state index is 12.9. The van der Waals surface area contributed by atoms with E-state index in [-0.39, 0.29) is 37.4 Å². The number of aliphatic carboxylic acids is 1. The van der Waals surface area contributed by atoms with Crippen LogP contribution in [0.25, 0.3) is 10.8 Å². The highest BCUT2D eigenvalue weighted by molar-refractivity contribution is 5.87. The van der Waals surface area contributed by atoms with Gasteiger partial charge in [-0.15, -0.1) is 0 Å². The van der Waals surface area contributed by atoms with Crippen molar-refractivity contribution in [2.45, 2.75) is 45.1 Å². The number of ether oxygens (including phenoxy) is 1. The number of benzene rings is 2. The van der Waals surface area contributed by atoms with Crippen LogP contribution in [-0.4, -0.2) is 60.0 Å². The number of nitrogens with two attached hydrogens (primary N) is 1. The van der Waals surface area contributed by atoms with Crippen molar-refractivity contribution in [1.82, 2.24) is 4.90 Å². The largest absolute Gasteiger partial charge is 0.480 e. The summed E-state index contributed by atoms with van der Waals surface area (Å²) in [6.45, 7) is 4.07. The molecule has 0 aromatic heterocycles. The zero-order chi connectivity index (χ0) is 23.1. The number of carbonyl (C=O) groups is 3. The highest BCUT2D eigenvalue weighted by Crippen LogP contribution is 2.35. The number of morpholine rings is 1. The van der Waals surface area contributed by atoms with Gasteiger partial charge in [0.15, 0.2) is 0 Å². The second kappa shape index (κ2) is 10.7. The molecule has 1 heterocycles. The molecule has 7 heteroatoms. The lowest BCUT2D eigenvalue weighted by Crippen LogP contribution is -2.41. The van der Waals surface area contributed by atoms with Crippen molar-refractivity contribution in [3.05, 3.63) is 48.0 Å². The lowest BCUT2D eigenvalue weighted by atomic mass is 9.73. The van der Waals surface area contributed by atoms with Gasteiger partial charge < -0.3 is 20.5 Å². The van der Waals surface area contributed by atoms with E-state index in [4.69, 9.17) is 10.5 Å². The second-order valence-electron chi connectivity index (χ2n) is 8.98. The molecule has 2 aromatic carbocycles. The maximum Gasteiger partial charge on any atom is 0.320 e. The van der Waals surface area contributed by atoms with Gasteiger partial charge in [0.05, 0.1) is 13.2 Å². The summed E-state index contributed by atoms with van der Waals surface area (Å²) in [5.74, 6) is -1.17. The van der Waals surface area contributed by atoms with Gasteiger partial charge in [-0.2, -0.15) is 0 Å². The Kier molecular flexibility index (Phi) is 7.99. The van der Waals surface area contributed by atoms with Gasteiger partial charge in [0.25, 0.3) is 0 Å². The molecule has 2 aromatic rings. The van der Waals surface area contributed by atoms with E-state index in [0.29, 0.717) is 32.7 Å². The standard InChI is InChI=1S/C25H32N2O5/c1-25(17-22(26)24(30)31,15-19-7-4-6-18-5-2-3-8-21(18)19)16-20(28)9-10-23(29)27-11-13-32-14-12-27/h2-8,22H,9-17,26H2,1H3,(H,30,31)/t22-,25?/m0/s1. The van der Waals surface area contributed by atoms with E-state index < -0.39 is 17.4 Å². The monoisotopic (exact) mass is 440 g/mol. The quantitative estimate of drug-likeness (QED) is 0.588. The Labute approximate surface area is 188 Å². The normalized spacial score (nSPS) is 17.0. The molecule has 1 fully saturated rings. The highest BCUT2D eigenvalue weighted by Gasteiger charge is 2.33. The van der Waals surface area contributed by atoms with Gasteiger partial charge in [-0.05, 0) is 34.6 Å². The number of ketones is 1. The van der Waals surface area contributed by atoms with Crippen LogP contribution in [0.15, 0.2) is 42.5 Å². The number of hydrogen-bond donors (Lipinski definition) is 2. The van der Waals surface area contributed by atoms with E-state index in [1.54, 1.807) is 4.90 Å². The molecule has 3 rings (SSSR count). The smallest absolute Gasteiger partial charge is 0.320 e. The Morgan fingerprint density at radius 2 is 1.78 bits per heavy atom. The van der Waals surface area contributed by atoms with Crippen molar-refractivity contribution in [3.8, 4) is 0 Å². The van der Waals surface area contributed by atoms with Crippen LogP contribution in [0.3, 0.4) is 0 Å². The molecule has 0 radical (unpaired) electrons. The minimum atomic E-state index is -1.08. The average Bonchev–Trinajstić information content (AvgIpc) is 2.78. The van der Waals surface area contributed by atoms with Crippen molar-refractivity contribution in [2.75, 3.05) is 26.3 Å². The molecular formula is C25H32N2O5. The third kappa shape index (κ3) is 6.37. The number of carbonyl (C=O) groups excluding carboxylic acids is 2. The van der Waals surface area contributed by atoms with Crippen LogP contribution in [0.2, 0.25) is 0 Å². The fourth-order valence-corrected chi connectivity index (χ4v) is 4.51. The molecule has 1 unspecified atom stereocenters. The summed E-state index contributed by atoms with van der Waals surface area (Å²) in [4.78, 5) is 38.4. The van der Waals surface area contributed by atoms with Crippen LogP contribution in [0.1, 0.15) is 38.2 Å². The summed E-state index contributed by atoms with van der Waals surface area (Å²) in [5.41, 5.74) is 6.30. The van der Waals surface area contributed by atoms with E-state index >= 15 is 0 Å². The number of carboxylic acids is 1. The number of nitrogens with zero attached hydrogens (tertiary/aromatic N) is 1. The Morgan fingerprint density at radius 3 is 2.50 bits per heavy atom. The molecule has 32 heavy (non-hydrogen) atoms. The summed E-state index contributed by atoms with van der Waals surface area (Å²) in [6.07, 6.45) is 1.18. The van der Waals surface area contributed by atoms with E-state index in [9.17, 15) is 19.5 Å². The van der Waals surface area contributed by atoms with E-state index in [2.05, 4.69) is 0 Å². The number of carboxylic acid groups (broad SMARTS) is 1. The van der Waals surface area contributed by atoms with Gasteiger partial charge in [-0.25, -0.2) is 0 Å². The third-order valence-electron chi connectivity index (χ3n) is 6.13. The fourth-order valence-electron chi connectivity index (χ4n) is 4.51. The number of hydrogen-bond acceptors (Lipinski definition) is 5. The molecule has 1 aliphatic rings. The SMILES string of the molecule is CC(CC(=O)CCC(=O)N1CCOCC1)(Cc1cccc2ccccc12)C[C@H](N)C(=O)O. The highest BCUT2D eigenvalue weighted by atomic mass is 16.5. The zero-order valence-corrected chi connectivity index (χ0v) is 18.6. The van der Waals surface area contributed by atoms with Gasteiger partial charge in [-0.3, -0.25) is 14.4 Å². The molecule has 0 spiro atoms. The first kappa shape index (κ1) is 23.9. The first-order chi connectivity index (χ1) is 15.3. The van der Waals surface area contributed by atoms with Crippen LogP contribution < -0.4 is 5.73 Å². The first-order valence-corrected chi connectivity index (χ1v) is 11.1. The van der Waals surface area contributed by atoms with Crippen molar-refractivity contribution >= 4 is 28.4 Å². The summed E-state index contributed by atoms with van der Waals surface area (Å²) in [5, 5.41) is 11.5. The van der Waals surface area contributed by atoms with Crippen molar-refractivity contribution in [2.24, 2.45) is 11.1 Å². The summed E-state index contributed by atoms with van der Waals surface area (Å²) >= 11 is 0. The summed E-state index contributed by atoms with van der Waals surface area (Å²) < 4.78 is 5.26. The molecular weight excluding hydrogens is 408 g/mol. The molecule has 0 saturated carbocycles. The van der Waals surface area contributed by atoms with Gasteiger partial charge in [0.1, 0.15) is 11.8 Å². The van der Waals surface area contributed by atoms with Crippen molar-refractivity contribution < 1.29 is 24.2 Å². The van der Waals surface area contributed by atoms with Gasteiger partial charge in [0.2, 0.25) is 5.91 Å². The van der Waals surface area contributed by atoms with Crippen LogP contribution >= 0.6 is 0 Å². The molecule has 7 nitrogen and oxygen atoms in total. The van der Waals surface area contributed by atoms with Crippen LogP contribution in [0.4, 0.5) is 0 Å². The van der Waals surface area contributed by atoms with E-state index in [0.717, 1.165) is 16.3 Å². The molecule has 2 atom stereocenters. The third-order valence-corrected chi connectivity index (χ3v) is 6.13. The summed E-state index contributed by atoms with van der Waals surface area (Å²) in [7, 11) is 0. The van der Waals surface area contributed by atoms with E-state index in [1.165, 1.54) is 0 Å². The molecule has 1 aliphatic heterocycles. The van der Waals surface area contributed by atoms with Gasteiger partial charge >= 0.3 is 5.97 Å². The number of Topliss-reactive ketones (excluding diaryl/α,β-unsaturated/α-hetero) is 1. The summed E-state index contributed by atoms with van der Waals surface area (Å²) in [6, 6.07) is 13.0. The van der Waals surface area contributed by atoms with Gasteiger partial charge in [0, 0.05) is 32.4 Å². The Morgan fingerprint density at radius 1 is 1.09 bits per heavy atom. The van der Waals surface area contributed by atoms with Crippen LogP contribution in [0, 0.1) is 5.41 Å². The average molecular weight is 441 g/mol. The first-order valence-electron chi connectivity index (χ1n) is 11.1. The van der Waals surface area contributed by atoms with Crippen molar-refractivity contribution in [3.63, 3.8) is 0 Å². The predicted octanol–water partition coefficient (Wildman–Crippen LogP) is 2.79. The lowest BCUT2D eigenvalue weighted by Gasteiger charge is -2.31. The van der Waals surface area contributed by atoms with Crippen LogP contribution in [-0.2, 0) is 25.5 Å². The fraction of sp³-hybridized carbons (Fsp3) is 0.480. The molecule has 1 amide bonds.